The number of carbonyl (C=O) groups excluding carboxylic acids is 2. The van der Waals surface area contributed by atoms with Crippen LogP contribution in [0.25, 0.3) is 0 Å². The van der Waals surface area contributed by atoms with Gasteiger partial charge in [0.2, 0.25) is 10.0 Å². The summed E-state index contributed by atoms with van der Waals surface area (Å²) in [4.78, 5) is 23.3. The minimum absolute atomic E-state index is 0.00147. The maximum atomic E-state index is 11.9. The SMILES string of the molecule is CC(C)(C)OC(=O)COC(=O)c1ccc(S(=O)(=O)NCCC#N)cc1. The van der Waals surface area contributed by atoms with Crippen molar-refractivity contribution in [2.45, 2.75) is 37.7 Å². The van der Waals surface area contributed by atoms with Gasteiger partial charge in [-0.15, -0.1) is 0 Å². The summed E-state index contributed by atoms with van der Waals surface area (Å²) in [6.07, 6.45) is 0.0499. The van der Waals surface area contributed by atoms with E-state index in [0.717, 1.165) is 0 Å². The van der Waals surface area contributed by atoms with Crippen LogP contribution >= 0.6 is 0 Å². The van der Waals surface area contributed by atoms with Crippen molar-refractivity contribution in [3.05, 3.63) is 29.8 Å². The molecule has 136 valence electrons. The average molecular weight is 368 g/mol. The van der Waals surface area contributed by atoms with Crippen molar-refractivity contribution in [3.8, 4) is 6.07 Å². The minimum Gasteiger partial charge on any atom is -0.457 e. The van der Waals surface area contributed by atoms with Gasteiger partial charge in [0.1, 0.15) is 5.60 Å². The van der Waals surface area contributed by atoms with E-state index in [-0.39, 0.29) is 23.4 Å². The maximum Gasteiger partial charge on any atom is 0.344 e. The first-order valence-corrected chi connectivity index (χ1v) is 8.89. The first kappa shape index (κ1) is 20.6. The minimum atomic E-state index is -3.75. The van der Waals surface area contributed by atoms with Crippen molar-refractivity contribution in [2.24, 2.45) is 0 Å². The second kappa shape index (κ2) is 8.60. The normalized spacial score (nSPS) is 11.4. The topological polar surface area (TPSA) is 123 Å². The highest BCUT2D eigenvalue weighted by atomic mass is 32.2. The van der Waals surface area contributed by atoms with Gasteiger partial charge in [-0.05, 0) is 45.0 Å². The molecule has 0 amide bonds. The molecule has 0 saturated heterocycles. The van der Waals surface area contributed by atoms with Crippen LogP contribution < -0.4 is 4.72 Å². The smallest absolute Gasteiger partial charge is 0.344 e. The zero-order valence-electron chi connectivity index (χ0n) is 14.2. The number of sulfonamides is 1. The number of hydrogen-bond donors (Lipinski definition) is 1. The van der Waals surface area contributed by atoms with Gasteiger partial charge >= 0.3 is 11.9 Å². The third kappa shape index (κ3) is 7.32. The zero-order valence-corrected chi connectivity index (χ0v) is 15.1. The molecule has 0 atom stereocenters. The molecule has 0 aliphatic carbocycles. The van der Waals surface area contributed by atoms with E-state index in [9.17, 15) is 18.0 Å². The molecule has 0 spiro atoms. The van der Waals surface area contributed by atoms with Gasteiger partial charge in [-0.3, -0.25) is 0 Å². The molecule has 1 rings (SSSR count). The van der Waals surface area contributed by atoms with Crippen LogP contribution in [0.2, 0.25) is 0 Å². The molecule has 0 bridgehead atoms. The van der Waals surface area contributed by atoms with E-state index in [0.29, 0.717) is 0 Å². The molecule has 0 saturated carbocycles. The fourth-order valence-corrected chi connectivity index (χ4v) is 2.71. The zero-order chi connectivity index (χ0) is 19.1. The fourth-order valence-electron chi connectivity index (χ4n) is 1.67. The van der Waals surface area contributed by atoms with Gasteiger partial charge in [0.25, 0.3) is 0 Å². The van der Waals surface area contributed by atoms with Crippen LogP contribution in [-0.4, -0.2) is 39.1 Å². The highest BCUT2D eigenvalue weighted by Gasteiger charge is 2.19. The third-order valence-electron chi connectivity index (χ3n) is 2.67. The van der Waals surface area contributed by atoms with Crippen molar-refractivity contribution < 1.29 is 27.5 Å². The van der Waals surface area contributed by atoms with Gasteiger partial charge in [0.05, 0.1) is 16.5 Å². The molecule has 8 nitrogen and oxygen atoms in total. The first-order valence-electron chi connectivity index (χ1n) is 7.41. The standard InChI is InChI=1S/C16H20N2O6S/c1-16(2,3)24-14(19)11-23-15(20)12-5-7-13(8-6-12)25(21,22)18-10-4-9-17/h5-8,18H,4,10-11H2,1-3H3. The van der Waals surface area contributed by atoms with Crippen LogP contribution in [0.5, 0.6) is 0 Å². The molecule has 1 N–H and O–H groups in total. The van der Waals surface area contributed by atoms with Crippen LogP contribution in [0.3, 0.4) is 0 Å². The van der Waals surface area contributed by atoms with E-state index in [1.165, 1.54) is 24.3 Å². The first-order chi connectivity index (χ1) is 11.5. The molecule has 0 radical (unpaired) electrons. The molecule has 25 heavy (non-hydrogen) atoms. The van der Waals surface area contributed by atoms with E-state index in [4.69, 9.17) is 14.7 Å². The summed E-state index contributed by atoms with van der Waals surface area (Å²) in [5.74, 6) is -1.45. The molecule has 0 fully saturated rings. The Morgan fingerprint density at radius 2 is 1.80 bits per heavy atom. The number of hydrogen-bond acceptors (Lipinski definition) is 7. The number of rotatable bonds is 7. The lowest BCUT2D eigenvalue weighted by Gasteiger charge is -2.19. The van der Waals surface area contributed by atoms with Crippen molar-refractivity contribution >= 4 is 22.0 Å². The van der Waals surface area contributed by atoms with Crippen LogP contribution in [0.1, 0.15) is 37.6 Å². The van der Waals surface area contributed by atoms with Gasteiger partial charge in [0, 0.05) is 13.0 Å². The number of esters is 2. The fraction of sp³-hybridized carbons (Fsp3) is 0.438. The predicted molar refractivity (Wildman–Crippen MR) is 88.0 cm³/mol. The summed E-state index contributed by atoms with van der Waals surface area (Å²) >= 11 is 0. The summed E-state index contributed by atoms with van der Waals surface area (Å²) in [6.45, 7) is 4.54. The Morgan fingerprint density at radius 3 is 2.32 bits per heavy atom. The Kier molecular flexibility index (Phi) is 7.09. The number of carbonyl (C=O) groups is 2. The van der Waals surface area contributed by atoms with Crippen LogP contribution in [-0.2, 0) is 24.3 Å². The van der Waals surface area contributed by atoms with E-state index in [1.54, 1.807) is 20.8 Å². The third-order valence-corrected chi connectivity index (χ3v) is 4.15. The van der Waals surface area contributed by atoms with Gasteiger partial charge in [0.15, 0.2) is 6.61 Å². The molecular formula is C16H20N2O6S. The Bertz CT molecular complexity index is 757. The summed E-state index contributed by atoms with van der Waals surface area (Å²) < 4.78 is 36.0. The lowest BCUT2D eigenvalue weighted by Crippen LogP contribution is -2.27. The maximum absolute atomic E-state index is 11.9. The number of benzene rings is 1. The van der Waals surface area contributed by atoms with Crippen LogP contribution in [0.4, 0.5) is 0 Å². The second-order valence-electron chi connectivity index (χ2n) is 5.99. The molecule has 1 aromatic carbocycles. The Morgan fingerprint density at radius 1 is 1.20 bits per heavy atom. The molecule has 0 heterocycles. The summed E-state index contributed by atoms with van der Waals surface area (Å²) in [5.41, 5.74) is -0.586. The Balaban J connectivity index is 2.65. The average Bonchev–Trinajstić information content (AvgIpc) is 2.51. The van der Waals surface area contributed by atoms with E-state index >= 15 is 0 Å². The van der Waals surface area contributed by atoms with E-state index in [2.05, 4.69) is 4.72 Å². The lowest BCUT2D eigenvalue weighted by molar-refractivity contribution is -0.158. The van der Waals surface area contributed by atoms with Gasteiger partial charge in [-0.2, -0.15) is 5.26 Å². The highest BCUT2D eigenvalue weighted by Crippen LogP contribution is 2.12. The Hall–Kier alpha value is -2.44. The van der Waals surface area contributed by atoms with Gasteiger partial charge < -0.3 is 9.47 Å². The summed E-state index contributed by atoms with van der Waals surface area (Å²) in [6, 6.07) is 6.84. The summed E-state index contributed by atoms with van der Waals surface area (Å²) in [7, 11) is -3.75. The van der Waals surface area contributed by atoms with Crippen LogP contribution in [0, 0.1) is 11.3 Å². The molecule has 0 aliphatic rings. The molecule has 1 aromatic rings. The number of nitriles is 1. The van der Waals surface area contributed by atoms with E-state index < -0.39 is 34.2 Å². The molecule has 0 aliphatic heterocycles. The molecule has 0 unspecified atom stereocenters. The van der Waals surface area contributed by atoms with E-state index in [1.807, 2.05) is 6.07 Å². The largest absolute Gasteiger partial charge is 0.457 e. The molecular weight excluding hydrogens is 348 g/mol. The predicted octanol–water partition coefficient (Wildman–Crippen LogP) is 1.38. The molecule has 0 aromatic heterocycles. The van der Waals surface area contributed by atoms with Crippen molar-refractivity contribution in [1.82, 2.24) is 4.72 Å². The second-order valence-corrected chi connectivity index (χ2v) is 7.76. The number of nitrogens with zero attached hydrogens (tertiary/aromatic N) is 1. The molecule has 9 heteroatoms. The van der Waals surface area contributed by atoms with Crippen molar-refractivity contribution in [3.63, 3.8) is 0 Å². The lowest BCUT2D eigenvalue weighted by atomic mass is 10.2. The Labute approximate surface area is 146 Å². The van der Waals surface area contributed by atoms with Crippen molar-refractivity contribution in [1.29, 1.82) is 5.26 Å². The van der Waals surface area contributed by atoms with Gasteiger partial charge in [-0.25, -0.2) is 22.7 Å². The summed E-state index contributed by atoms with van der Waals surface area (Å²) in [5, 5.41) is 8.41. The number of nitrogens with one attached hydrogen (secondary N) is 1. The number of ether oxygens (including phenoxy) is 2. The van der Waals surface area contributed by atoms with Gasteiger partial charge in [-0.1, -0.05) is 0 Å². The van der Waals surface area contributed by atoms with Crippen LogP contribution in [0.15, 0.2) is 29.2 Å². The highest BCUT2D eigenvalue weighted by molar-refractivity contribution is 7.89. The quantitative estimate of drug-likeness (QED) is 0.569. The van der Waals surface area contributed by atoms with Crippen molar-refractivity contribution in [2.75, 3.05) is 13.2 Å². The monoisotopic (exact) mass is 368 g/mol.